The average molecular weight is 389 g/mol. The van der Waals surface area contributed by atoms with Gasteiger partial charge in [0.2, 0.25) is 0 Å². The number of anilines is 1. The van der Waals surface area contributed by atoms with E-state index in [1.165, 1.54) is 11.1 Å². The molecule has 3 rings (SSSR count). The SMILES string of the molecule is CN(Cc1ccc(N(C)C)cc1)C(=O)C[NH2+]C(c1ccccc1)c1ccccc1. The molecule has 4 heteroatoms. The lowest BCUT2D eigenvalue weighted by Crippen LogP contribution is -2.87. The maximum Gasteiger partial charge on any atom is 0.277 e. The van der Waals surface area contributed by atoms with Crippen LogP contribution in [-0.4, -0.2) is 38.5 Å². The van der Waals surface area contributed by atoms with Gasteiger partial charge in [-0.2, -0.15) is 0 Å². The Labute approximate surface area is 173 Å². The number of hydrogen-bond acceptors (Lipinski definition) is 2. The van der Waals surface area contributed by atoms with Gasteiger partial charge in [0.05, 0.1) is 0 Å². The molecule has 0 atom stereocenters. The molecule has 0 fully saturated rings. The van der Waals surface area contributed by atoms with Crippen molar-refractivity contribution in [1.29, 1.82) is 0 Å². The van der Waals surface area contributed by atoms with Crippen molar-refractivity contribution in [3.05, 3.63) is 102 Å². The van der Waals surface area contributed by atoms with Crippen molar-refractivity contribution in [2.24, 2.45) is 0 Å². The summed E-state index contributed by atoms with van der Waals surface area (Å²) < 4.78 is 0. The van der Waals surface area contributed by atoms with E-state index in [9.17, 15) is 4.79 Å². The summed E-state index contributed by atoms with van der Waals surface area (Å²) in [6.07, 6.45) is 0. The summed E-state index contributed by atoms with van der Waals surface area (Å²) in [5, 5.41) is 2.12. The minimum absolute atomic E-state index is 0.106. The van der Waals surface area contributed by atoms with Gasteiger partial charge in [-0.25, -0.2) is 0 Å². The summed E-state index contributed by atoms with van der Waals surface area (Å²) in [6.45, 7) is 1.02. The molecule has 0 aliphatic heterocycles. The molecule has 4 nitrogen and oxygen atoms in total. The van der Waals surface area contributed by atoms with Gasteiger partial charge in [-0.05, 0) is 17.7 Å². The van der Waals surface area contributed by atoms with E-state index in [1.54, 1.807) is 4.90 Å². The van der Waals surface area contributed by atoms with Crippen molar-refractivity contribution >= 4 is 11.6 Å². The summed E-state index contributed by atoms with van der Waals surface area (Å²) in [7, 11) is 5.92. The maximum absolute atomic E-state index is 12.8. The molecule has 0 heterocycles. The Morgan fingerprint density at radius 1 is 0.793 bits per heavy atom. The molecule has 0 aliphatic rings. The summed E-state index contributed by atoms with van der Waals surface area (Å²) in [5.74, 6) is 0.124. The second-order valence-corrected chi connectivity index (χ2v) is 7.55. The second kappa shape index (κ2) is 9.89. The Hall–Kier alpha value is -3.11. The summed E-state index contributed by atoms with van der Waals surface area (Å²) >= 11 is 0. The monoisotopic (exact) mass is 388 g/mol. The minimum Gasteiger partial charge on any atom is -0.378 e. The molecule has 0 saturated heterocycles. The molecule has 0 aromatic heterocycles. The number of hydrogen-bond donors (Lipinski definition) is 1. The Balaban J connectivity index is 1.63. The normalized spacial score (nSPS) is 10.8. The van der Waals surface area contributed by atoms with E-state index < -0.39 is 0 Å². The van der Waals surface area contributed by atoms with Crippen LogP contribution < -0.4 is 10.2 Å². The minimum atomic E-state index is 0.106. The van der Waals surface area contributed by atoms with Gasteiger partial charge in [0, 0.05) is 44.5 Å². The van der Waals surface area contributed by atoms with Crippen LogP contribution in [0.5, 0.6) is 0 Å². The van der Waals surface area contributed by atoms with Crippen LogP contribution in [0, 0.1) is 0 Å². The maximum atomic E-state index is 12.8. The largest absolute Gasteiger partial charge is 0.378 e. The molecule has 2 N–H and O–H groups in total. The predicted molar refractivity (Wildman–Crippen MR) is 119 cm³/mol. The molecule has 3 aromatic carbocycles. The van der Waals surface area contributed by atoms with E-state index in [1.807, 2.05) is 57.5 Å². The third-order valence-corrected chi connectivity index (χ3v) is 5.14. The number of nitrogens with two attached hydrogens (primary N) is 1. The summed E-state index contributed by atoms with van der Waals surface area (Å²) in [6, 6.07) is 29.1. The van der Waals surface area contributed by atoms with E-state index >= 15 is 0 Å². The fraction of sp³-hybridized carbons (Fsp3) is 0.240. The van der Waals surface area contributed by atoms with Crippen LogP contribution in [0.25, 0.3) is 0 Å². The Kier molecular flexibility index (Phi) is 7.04. The number of rotatable bonds is 8. The quantitative estimate of drug-likeness (QED) is 0.644. The van der Waals surface area contributed by atoms with Crippen LogP contribution >= 0.6 is 0 Å². The summed E-state index contributed by atoms with van der Waals surface area (Å²) in [5.41, 5.74) is 4.70. The van der Waals surface area contributed by atoms with Gasteiger partial charge in [0.15, 0.2) is 6.54 Å². The number of carbonyl (C=O) groups excluding carboxylic acids is 1. The number of likely N-dealkylation sites (N-methyl/N-ethyl adjacent to an activating group) is 1. The van der Waals surface area contributed by atoms with Crippen molar-refractivity contribution in [3.8, 4) is 0 Å². The van der Waals surface area contributed by atoms with Gasteiger partial charge in [0.1, 0.15) is 6.04 Å². The number of amides is 1. The molecule has 0 spiro atoms. The van der Waals surface area contributed by atoms with Crippen molar-refractivity contribution in [1.82, 2.24) is 4.90 Å². The lowest BCUT2D eigenvalue weighted by molar-refractivity contribution is -0.677. The standard InChI is InChI=1S/C25H29N3O/c1-27(2)23-16-14-20(15-17-23)19-28(3)24(29)18-26-25(21-10-6-4-7-11-21)22-12-8-5-9-13-22/h4-17,25-26H,18-19H2,1-3H3/p+1. The zero-order valence-corrected chi connectivity index (χ0v) is 17.5. The molecular formula is C25H30N3O+. The van der Waals surface area contributed by atoms with Gasteiger partial charge < -0.3 is 15.1 Å². The van der Waals surface area contributed by atoms with Crippen molar-refractivity contribution < 1.29 is 10.1 Å². The second-order valence-electron chi connectivity index (χ2n) is 7.55. The zero-order chi connectivity index (χ0) is 20.6. The molecular weight excluding hydrogens is 358 g/mol. The predicted octanol–water partition coefficient (Wildman–Crippen LogP) is 3.06. The fourth-order valence-corrected chi connectivity index (χ4v) is 3.42. The lowest BCUT2D eigenvalue weighted by Gasteiger charge is -2.20. The highest BCUT2D eigenvalue weighted by atomic mass is 16.2. The first-order valence-corrected chi connectivity index (χ1v) is 9.98. The van der Waals surface area contributed by atoms with E-state index in [4.69, 9.17) is 0 Å². The van der Waals surface area contributed by atoms with Gasteiger partial charge >= 0.3 is 0 Å². The number of nitrogens with zero attached hydrogens (tertiary/aromatic N) is 2. The summed E-state index contributed by atoms with van der Waals surface area (Å²) in [4.78, 5) is 16.6. The van der Waals surface area contributed by atoms with Crippen LogP contribution in [0.4, 0.5) is 5.69 Å². The van der Waals surface area contributed by atoms with Gasteiger partial charge in [0.25, 0.3) is 5.91 Å². The van der Waals surface area contributed by atoms with E-state index in [2.05, 4.69) is 58.7 Å². The van der Waals surface area contributed by atoms with Crippen molar-refractivity contribution in [2.75, 3.05) is 32.6 Å². The van der Waals surface area contributed by atoms with E-state index in [-0.39, 0.29) is 11.9 Å². The fourth-order valence-electron chi connectivity index (χ4n) is 3.42. The zero-order valence-electron chi connectivity index (χ0n) is 17.5. The third-order valence-electron chi connectivity index (χ3n) is 5.14. The van der Waals surface area contributed by atoms with Crippen LogP contribution in [0.2, 0.25) is 0 Å². The van der Waals surface area contributed by atoms with Gasteiger partial charge in [-0.15, -0.1) is 0 Å². The highest BCUT2D eigenvalue weighted by Crippen LogP contribution is 2.18. The van der Waals surface area contributed by atoms with Crippen LogP contribution in [-0.2, 0) is 11.3 Å². The highest BCUT2D eigenvalue weighted by molar-refractivity contribution is 5.76. The lowest BCUT2D eigenvalue weighted by atomic mass is 9.99. The first-order chi connectivity index (χ1) is 14.0. The third kappa shape index (κ3) is 5.69. The molecule has 0 bridgehead atoms. The number of quaternary nitrogens is 1. The average Bonchev–Trinajstić information content (AvgIpc) is 2.75. The molecule has 150 valence electrons. The Bertz CT molecular complexity index is 853. The number of carbonyl (C=O) groups is 1. The number of benzene rings is 3. The van der Waals surface area contributed by atoms with Crippen molar-refractivity contribution in [2.45, 2.75) is 12.6 Å². The van der Waals surface area contributed by atoms with Crippen LogP contribution in [0.15, 0.2) is 84.9 Å². The highest BCUT2D eigenvalue weighted by Gasteiger charge is 2.20. The Morgan fingerprint density at radius 2 is 1.31 bits per heavy atom. The topological polar surface area (TPSA) is 40.2 Å². The molecule has 0 radical (unpaired) electrons. The molecule has 0 saturated carbocycles. The molecule has 3 aromatic rings. The van der Waals surface area contributed by atoms with Crippen LogP contribution in [0.3, 0.4) is 0 Å². The molecule has 29 heavy (non-hydrogen) atoms. The molecule has 0 unspecified atom stereocenters. The van der Waals surface area contributed by atoms with Crippen LogP contribution in [0.1, 0.15) is 22.7 Å². The van der Waals surface area contributed by atoms with Gasteiger partial charge in [-0.1, -0.05) is 72.8 Å². The molecule has 1 amide bonds. The van der Waals surface area contributed by atoms with E-state index in [0.29, 0.717) is 13.1 Å². The van der Waals surface area contributed by atoms with E-state index in [0.717, 1.165) is 11.3 Å². The molecule has 0 aliphatic carbocycles. The smallest absolute Gasteiger partial charge is 0.277 e. The first kappa shape index (κ1) is 20.6. The Morgan fingerprint density at radius 3 is 1.79 bits per heavy atom. The van der Waals surface area contributed by atoms with Crippen molar-refractivity contribution in [3.63, 3.8) is 0 Å². The van der Waals surface area contributed by atoms with Gasteiger partial charge in [-0.3, -0.25) is 4.79 Å². The first-order valence-electron chi connectivity index (χ1n) is 9.98.